The van der Waals surface area contributed by atoms with E-state index in [9.17, 15) is 0 Å². The summed E-state index contributed by atoms with van der Waals surface area (Å²) < 4.78 is 0. The second-order valence-corrected chi connectivity index (χ2v) is 34.3. The molecule has 0 aliphatic rings. The molecule has 0 saturated heterocycles. The fourth-order valence-corrected chi connectivity index (χ4v) is 16.5. The predicted molar refractivity (Wildman–Crippen MR) is 476 cm³/mol. The molecule has 0 bridgehead atoms. The van der Waals surface area contributed by atoms with Crippen molar-refractivity contribution in [3.8, 4) is 0 Å². The fraction of sp³-hybridized carbons (Fsp3) is 0.316. The highest BCUT2D eigenvalue weighted by molar-refractivity contribution is 7.99. The largest absolute Gasteiger partial charge is 0.368 e. The van der Waals surface area contributed by atoms with Gasteiger partial charge in [-0.05, 0) is 158 Å². The summed E-state index contributed by atoms with van der Waals surface area (Å²) in [7, 11) is 1.94. The van der Waals surface area contributed by atoms with Crippen LogP contribution in [-0.4, -0.2) is 136 Å². The van der Waals surface area contributed by atoms with E-state index in [4.69, 9.17) is 155 Å². The van der Waals surface area contributed by atoms with Crippen molar-refractivity contribution in [2.24, 2.45) is 0 Å². The van der Waals surface area contributed by atoms with Crippen LogP contribution in [0.15, 0.2) is 177 Å². The Hall–Kier alpha value is -8.02. The minimum atomic E-state index is 0.180. The van der Waals surface area contributed by atoms with Gasteiger partial charge in [0.25, 0.3) is 0 Å². The third kappa shape index (κ3) is 31.0. The standard InChI is InChI=1S/C79H83Cl6N25S6/c1-87-38-2-8-63-94-69(106-75(100-63)112-45-51-16-28-57(81)29-17-51)89-40-4-10-65-96-71(108-77(102-65)114-47-53-20-32-59(83)33-21-53)91-42-6-12-67-98-73(110-79(104-67)116-49-55-24-36-61(85)37-25-55)92-43-7-13-66-97-72(109-78(103-66)115-48-54-22-34-60(84)35-23-54)90-41-5-11-64-95-70(107-76(101-64)113-46-52-18-30-58(82)31-19-52)88-39-3-9-62-93-68(86)105-74(99-62)111-44-50-14-26-56(80)27-15-50/h14-37,87H,2-13,38-49H2,1H3,(H2,86,93,99,105)(H,88,95,101,107)(H,89,94,100,106)(H,90,97,103,109)(H,91,96,102,108)(H,92,98,104,110). The first-order chi connectivity index (χ1) is 56.6. The van der Waals surface area contributed by atoms with Crippen LogP contribution in [0.1, 0.15) is 107 Å². The van der Waals surface area contributed by atoms with E-state index in [0.29, 0.717) is 251 Å². The number of nitrogens with zero attached hydrogens (tertiary/aromatic N) is 18. The molecule has 0 unspecified atom stereocenters. The molecule has 0 amide bonds. The highest BCUT2D eigenvalue weighted by atomic mass is 35.5. The predicted octanol–water partition coefficient (Wildman–Crippen LogP) is 18.4. The summed E-state index contributed by atoms with van der Waals surface area (Å²) in [5, 5.41) is 28.3. The number of nitrogen functional groups attached to an aromatic ring is 1. The third-order valence-corrected chi connectivity index (χ3v) is 23.8. The molecule has 116 heavy (non-hydrogen) atoms. The molecule has 0 fully saturated rings. The van der Waals surface area contributed by atoms with E-state index in [1.54, 1.807) is 23.5 Å². The molecule has 0 aliphatic carbocycles. The van der Waals surface area contributed by atoms with E-state index in [1.165, 1.54) is 47.0 Å². The van der Waals surface area contributed by atoms with Gasteiger partial charge in [0, 0.05) is 136 Å². The molecule has 0 spiro atoms. The van der Waals surface area contributed by atoms with Crippen molar-refractivity contribution in [1.29, 1.82) is 0 Å². The van der Waals surface area contributed by atoms with Gasteiger partial charge in [-0.1, -0.05) is 213 Å². The second-order valence-electron chi connectivity index (χ2n) is 26.0. The third-order valence-electron chi connectivity index (χ3n) is 16.8. The number of aromatic nitrogens is 18. The molecule has 12 aromatic rings. The topological polar surface area (TPSA) is 330 Å². The minimum absolute atomic E-state index is 0.180. The van der Waals surface area contributed by atoms with Gasteiger partial charge in [-0.25, -0.2) is 29.9 Å². The van der Waals surface area contributed by atoms with Crippen LogP contribution in [0.3, 0.4) is 0 Å². The zero-order valence-electron chi connectivity index (χ0n) is 63.2. The quantitative estimate of drug-likeness (QED) is 0.0138. The maximum Gasteiger partial charge on any atom is 0.226 e. The molecule has 6 aromatic carbocycles. The Morgan fingerprint density at radius 1 is 0.233 bits per heavy atom. The highest BCUT2D eigenvalue weighted by Crippen LogP contribution is 2.30. The zero-order chi connectivity index (χ0) is 80.5. The van der Waals surface area contributed by atoms with Crippen molar-refractivity contribution >= 4 is 176 Å². The van der Waals surface area contributed by atoms with Gasteiger partial charge < -0.3 is 37.6 Å². The molecular formula is C79H83Cl6N25S6. The lowest BCUT2D eigenvalue weighted by Crippen LogP contribution is -2.14. The summed E-state index contributed by atoms with van der Waals surface area (Å²) in [4.78, 5) is 86.8. The SMILES string of the molecule is CNCCCc1nc(NCCCc2nc(NCCCc3nc(NCCCc4nc(NCCCc5nc(NCCCc6nc(N)nc(SCc7ccc(Cl)cc7)n6)nc(SCc6ccc(Cl)cc6)n5)nc(SCc5ccc(Cl)cc5)n4)nc(SCc4ccc(Cl)cc4)n3)nc(SCc3ccc(Cl)cc3)n2)nc(SCc2ccc(Cl)cc2)n1. The number of benzene rings is 6. The van der Waals surface area contributed by atoms with Gasteiger partial charge in [-0.2, -0.15) is 59.8 Å². The van der Waals surface area contributed by atoms with E-state index >= 15 is 0 Å². The Morgan fingerprint density at radius 3 is 0.612 bits per heavy atom. The molecule has 6 heterocycles. The van der Waals surface area contributed by atoms with Crippen molar-refractivity contribution in [2.75, 3.05) is 78.6 Å². The summed E-state index contributed by atoms with van der Waals surface area (Å²) in [6.45, 7) is 3.58. The number of hydrogen-bond acceptors (Lipinski definition) is 31. The van der Waals surface area contributed by atoms with Gasteiger partial charge >= 0.3 is 0 Å². The number of anilines is 6. The van der Waals surface area contributed by atoms with Crippen LogP contribution in [0, 0.1) is 0 Å². The van der Waals surface area contributed by atoms with Crippen LogP contribution < -0.4 is 37.6 Å². The molecular weight excluding hydrogens is 1700 g/mol. The first-order valence-corrected chi connectivity index (χ1v) is 45.7. The van der Waals surface area contributed by atoms with Gasteiger partial charge in [0.15, 0.2) is 30.9 Å². The first kappa shape index (κ1) is 87.3. The number of nitrogens with two attached hydrogens (primary N) is 1. The highest BCUT2D eigenvalue weighted by Gasteiger charge is 2.17. The molecule has 0 aliphatic heterocycles. The Morgan fingerprint density at radius 2 is 0.414 bits per heavy atom. The summed E-state index contributed by atoms with van der Waals surface area (Å²) in [6, 6.07) is 46.6. The van der Waals surface area contributed by atoms with Gasteiger partial charge in [-0.3, -0.25) is 0 Å². The Bertz CT molecular complexity index is 5070. The van der Waals surface area contributed by atoms with Crippen molar-refractivity contribution in [1.82, 2.24) is 95.0 Å². The van der Waals surface area contributed by atoms with Crippen LogP contribution in [0.4, 0.5) is 35.7 Å². The normalized spacial score (nSPS) is 11.3. The van der Waals surface area contributed by atoms with Crippen LogP contribution >= 0.6 is 140 Å². The van der Waals surface area contributed by atoms with Gasteiger partial charge in [-0.15, -0.1) is 0 Å². The zero-order valence-corrected chi connectivity index (χ0v) is 72.6. The van der Waals surface area contributed by atoms with Crippen molar-refractivity contribution in [2.45, 2.75) is 143 Å². The molecule has 0 atom stereocenters. The summed E-state index contributed by atoms with van der Waals surface area (Å²) in [5.74, 6) is 10.5. The maximum atomic E-state index is 6.28. The van der Waals surface area contributed by atoms with Crippen molar-refractivity contribution in [3.63, 3.8) is 0 Å². The van der Waals surface area contributed by atoms with E-state index in [2.05, 4.69) is 41.9 Å². The maximum absolute atomic E-state index is 6.28. The lowest BCUT2D eigenvalue weighted by atomic mass is 10.2. The monoisotopic (exact) mass is 1780 g/mol. The number of nitrogens with one attached hydrogen (secondary N) is 6. The molecule has 602 valence electrons. The van der Waals surface area contributed by atoms with Crippen LogP contribution in [0.2, 0.25) is 30.1 Å². The van der Waals surface area contributed by atoms with Crippen LogP contribution in [-0.2, 0) is 73.0 Å². The molecule has 6 aromatic heterocycles. The van der Waals surface area contributed by atoms with E-state index in [-0.39, 0.29) is 5.95 Å². The molecule has 37 heteroatoms. The second kappa shape index (κ2) is 46.9. The lowest BCUT2D eigenvalue weighted by molar-refractivity contribution is 0.685. The van der Waals surface area contributed by atoms with Crippen molar-refractivity contribution in [3.05, 3.63) is 244 Å². The molecule has 12 rings (SSSR count). The van der Waals surface area contributed by atoms with E-state index < -0.39 is 0 Å². The van der Waals surface area contributed by atoms with Gasteiger partial charge in [0.2, 0.25) is 35.7 Å². The van der Waals surface area contributed by atoms with Crippen LogP contribution in [0.25, 0.3) is 0 Å². The number of aryl methyl sites for hydroxylation is 6. The Kier molecular flexibility index (Phi) is 35.3. The van der Waals surface area contributed by atoms with E-state index in [0.717, 1.165) is 58.6 Å². The smallest absolute Gasteiger partial charge is 0.226 e. The Labute approximate surface area is 729 Å². The lowest BCUT2D eigenvalue weighted by Gasteiger charge is -2.11. The molecule has 25 nitrogen and oxygen atoms in total. The summed E-state index contributed by atoms with van der Waals surface area (Å²) in [6.07, 6.45) is 7.76. The minimum Gasteiger partial charge on any atom is -0.368 e. The van der Waals surface area contributed by atoms with E-state index in [1.807, 2.05) is 153 Å². The average molecular weight is 1790 g/mol. The summed E-state index contributed by atoms with van der Waals surface area (Å²) >= 11 is 46.5. The summed E-state index contributed by atoms with van der Waals surface area (Å²) in [5.41, 5.74) is 12.7. The van der Waals surface area contributed by atoms with Crippen molar-refractivity contribution < 1.29 is 0 Å². The first-order valence-electron chi connectivity index (χ1n) is 37.5. The molecule has 0 radical (unpaired) electrons. The number of thioether (sulfide) groups is 6. The number of halogens is 6. The molecule has 0 saturated carbocycles. The Balaban J connectivity index is 0.671. The number of hydrogen-bond donors (Lipinski definition) is 7. The van der Waals surface area contributed by atoms with Crippen LogP contribution in [0.5, 0.6) is 0 Å². The van der Waals surface area contributed by atoms with Gasteiger partial charge in [0.05, 0.1) is 0 Å². The average Bonchev–Trinajstić information content (AvgIpc) is 0.882. The molecule has 8 N–H and O–H groups in total. The fourth-order valence-electron chi connectivity index (χ4n) is 10.9. The number of rotatable bonds is 47. The van der Waals surface area contributed by atoms with Gasteiger partial charge in [0.1, 0.15) is 34.9 Å².